The lowest BCUT2D eigenvalue weighted by Gasteiger charge is -2.29. The van der Waals surface area contributed by atoms with Gasteiger partial charge in [-0.15, -0.1) is 11.8 Å². The number of nitrogens with two attached hydrogens (primary N) is 1. The summed E-state index contributed by atoms with van der Waals surface area (Å²) in [6.07, 6.45) is 0. The number of benzene rings is 2. The van der Waals surface area contributed by atoms with Crippen LogP contribution in [0.5, 0.6) is 0 Å². The molecular weight excluding hydrogens is 329 g/mol. The Morgan fingerprint density at radius 1 is 1.26 bits per heavy atom. The van der Waals surface area contributed by atoms with Crippen LogP contribution in [0.3, 0.4) is 0 Å². The van der Waals surface area contributed by atoms with Crippen LogP contribution in [0.1, 0.15) is 17.2 Å². The molecule has 3 nitrogen and oxygen atoms in total. The van der Waals surface area contributed by atoms with Crippen LogP contribution in [0.25, 0.3) is 0 Å². The molecule has 2 atom stereocenters. The van der Waals surface area contributed by atoms with Crippen LogP contribution in [0.2, 0.25) is 0 Å². The number of fused-ring (bicyclic) bond motifs is 3. The highest BCUT2D eigenvalue weighted by Crippen LogP contribution is 2.45. The molecule has 0 radical (unpaired) electrons. The van der Waals surface area contributed by atoms with Gasteiger partial charge in [-0.2, -0.15) is 5.10 Å². The molecule has 0 aliphatic carbocycles. The van der Waals surface area contributed by atoms with Crippen LogP contribution in [-0.4, -0.2) is 21.6 Å². The van der Waals surface area contributed by atoms with Gasteiger partial charge in [0.2, 0.25) is 0 Å². The molecule has 6 heteroatoms. The average molecular weight is 343 g/mol. The molecule has 2 N–H and O–H groups in total. The fraction of sp³-hybridized carbons (Fsp3) is 0.176. The Balaban J connectivity index is 1.83. The van der Waals surface area contributed by atoms with Crippen molar-refractivity contribution < 1.29 is 4.39 Å². The van der Waals surface area contributed by atoms with Crippen molar-refractivity contribution in [2.24, 2.45) is 16.8 Å². The lowest BCUT2D eigenvalue weighted by Crippen LogP contribution is -2.35. The molecule has 116 valence electrons. The predicted octanol–water partition coefficient (Wildman–Crippen LogP) is 3.55. The lowest BCUT2D eigenvalue weighted by molar-refractivity contribution is 0.331. The molecule has 2 aliphatic heterocycles. The summed E-state index contributed by atoms with van der Waals surface area (Å²) in [6.45, 7) is 0. The van der Waals surface area contributed by atoms with Crippen LogP contribution >= 0.6 is 24.0 Å². The normalized spacial score (nSPS) is 22.3. The summed E-state index contributed by atoms with van der Waals surface area (Å²) in [5.74, 6) is 0.756. The number of thiocarbonyl (C=S) groups is 1. The van der Waals surface area contributed by atoms with Crippen LogP contribution in [0, 0.1) is 11.7 Å². The number of hydrogen-bond donors (Lipinski definition) is 1. The summed E-state index contributed by atoms with van der Waals surface area (Å²) < 4.78 is 13.7. The third-order valence-corrected chi connectivity index (χ3v) is 5.59. The average Bonchev–Trinajstić information content (AvgIpc) is 2.96. The number of rotatable bonds is 1. The third-order valence-electron chi connectivity index (χ3n) is 4.21. The van der Waals surface area contributed by atoms with Crippen molar-refractivity contribution in [1.29, 1.82) is 0 Å². The highest BCUT2D eigenvalue weighted by Gasteiger charge is 2.42. The van der Waals surface area contributed by atoms with Crippen molar-refractivity contribution >= 4 is 34.8 Å². The molecule has 2 aliphatic rings. The molecule has 0 saturated carbocycles. The van der Waals surface area contributed by atoms with E-state index in [1.54, 1.807) is 22.8 Å². The van der Waals surface area contributed by atoms with Crippen LogP contribution in [-0.2, 0) is 0 Å². The first-order valence-corrected chi connectivity index (χ1v) is 8.69. The standard InChI is InChI=1S/C17H14FN3S2/c18-11-6-7-14-12(8-11)15-13(9-23-14)16(21(20-15)17(19)22)10-4-2-1-3-5-10/h1-8,13,16H,9H2,(H2,19,22). The van der Waals surface area contributed by atoms with Crippen LogP contribution < -0.4 is 5.73 Å². The lowest BCUT2D eigenvalue weighted by atomic mass is 9.88. The van der Waals surface area contributed by atoms with Crippen LogP contribution in [0.15, 0.2) is 58.5 Å². The summed E-state index contributed by atoms with van der Waals surface area (Å²) in [4.78, 5) is 1.05. The first-order chi connectivity index (χ1) is 11.1. The fourth-order valence-electron chi connectivity index (χ4n) is 3.21. The highest BCUT2D eigenvalue weighted by atomic mass is 32.2. The van der Waals surface area contributed by atoms with Gasteiger partial charge in [-0.1, -0.05) is 30.3 Å². The molecule has 2 aromatic rings. The molecule has 0 bridgehead atoms. The fourth-order valence-corrected chi connectivity index (χ4v) is 4.55. The van der Waals surface area contributed by atoms with Crippen LogP contribution in [0.4, 0.5) is 4.39 Å². The second-order valence-electron chi connectivity index (χ2n) is 5.58. The Bertz CT molecular complexity index is 807. The Morgan fingerprint density at radius 3 is 2.78 bits per heavy atom. The number of thioether (sulfide) groups is 1. The van der Waals surface area contributed by atoms with Crippen molar-refractivity contribution in [2.45, 2.75) is 10.9 Å². The molecule has 2 heterocycles. The molecule has 0 amide bonds. The monoisotopic (exact) mass is 343 g/mol. The molecule has 4 rings (SSSR count). The second kappa shape index (κ2) is 5.62. The maximum Gasteiger partial charge on any atom is 0.187 e. The first-order valence-electron chi connectivity index (χ1n) is 7.30. The minimum Gasteiger partial charge on any atom is -0.375 e. The van der Waals surface area contributed by atoms with Crippen molar-refractivity contribution in [3.05, 3.63) is 65.5 Å². The summed E-state index contributed by atoms with van der Waals surface area (Å²) in [5.41, 5.74) is 8.74. The Hall–Kier alpha value is -1.92. The van der Waals surface area contributed by atoms with Gasteiger partial charge in [0.1, 0.15) is 5.82 Å². The predicted molar refractivity (Wildman–Crippen MR) is 95.0 cm³/mol. The van der Waals surface area contributed by atoms with Crippen molar-refractivity contribution in [2.75, 3.05) is 5.75 Å². The van der Waals surface area contributed by atoms with Gasteiger partial charge in [-0.25, -0.2) is 9.40 Å². The number of halogens is 1. The van der Waals surface area contributed by atoms with E-state index in [4.69, 9.17) is 18.0 Å². The molecular formula is C17H14FN3S2. The maximum atomic E-state index is 13.7. The van der Waals surface area contributed by atoms with E-state index in [0.717, 1.165) is 27.5 Å². The molecule has 2 unspecified atom stereocenters. The van der Waals surface area contributed by atoms with Gasteiger partial charge in [-0.05, 0) is 36.0 Å². The van der Waals surface area contributed by atoms with Gasteiger partial charge >= 0.3 is 0 Å². The van der Waals surface area contributed by atoms with Crippen molar-refractivity contribution in [1.82, 2.24) is 5.01 Å². The number of hydrogen-bond acceptors (Lipinski definition) is 3. The van der Waals surface area contributed by atoms with Crippen molar-refractivity contribution in [3.63, 3.8) is 0 Å². The van der Waals surface area contributed by atoms with E-state index in [0.29, 0.717) is 0 Å². The molecule has 2 aromatic carbocycles. The minimum atomic E-state index is -0.252. The Morgan fingerprint density at radius 2 is 2.04 bits per heavy atom. The second-order valence-corrected chi connectivity index (χ2v) is 7.06. The first kappa shape index (κ1) is 14.7. The zero-order chi connectivity index (χ0) is 16.0. The van der Waals surface area contributed by atoms with Crippen molar-refractivity contribution in [3.8, 4) is 0 Å². The van der Waals surface area contributed by atoms with Gasteiger partial charge < -0.3 is 5.73 Å². The zero-order valence-electron chi connectivity index (χ0n) is 12.1. The quantitative estimate of drug-likeness (QED) is 0.804. The van der Waals surface area contributed by atoms with Gasteiger partial charge in [0.15, 0.2) is 5.11 Å². The van der Waals surface area contributed by atoms with Gasteiger partial charge in [0, 0.05) is 22.1 Å². The minimum absolute atomic E-state index is 0.0346. The summed E-state index contributed by atoms with van der Waals surface area (Å²) in [7, 11) is 0. The van der Waals surface area contributed by atoms with E-state index in [2.05, 4.69) is 17.2 Å². The zero-order valence-corrected chi connectivity index (χ0v) is 13.8. The van der Waals surface area contributed by atoms with E-state index in [1.165, 1.54) is 6.07 Å². The molecule has 0 spiro atoms. The Labute approximate surface area is 143 Å². The Kier molecular flexibility index (Phi) is 3.58. The van der Waals surface area contributed by atoms with E-state index in [9.17, 15) is 4.39 Å². The topological polar surface area (TPSA) is 41.6 Å². The molecule has 0 saturated heterocycles. The highest BCUT2D eigenvalue weighted by molar-refractivity contribution is 7.99. The van der Waals surface area contributed by atoms with E-state index >= 15 is 0 Å². The van der Waals surface area contributed by atoms with E-state index in [1.807, 2.05) is 24.3 Å². The number of nitrogens with zero attached hydrogens (tertiary/aromatic N) is 2. The summed E-state index contributed by atoms with van der Waals surface area (Å²) >= 11 is 6.92. The smallest absolute Gasteiger partial charge is 0.187 e. The van der Waals surface area contributed by atoms with E-state index in [-0.39, 0.29) is 22.9 Å². The van der Waals surface area contributed by atoms with E-state index < -0.39 is 0 Å². The largest absolute Gasteiger partial charge is 0.375 e. The molecule has 23 heavy (non-hydrogen) atoms. The van der Waals surface area contributed by atoms with Gasteiger partial charge in [0.05, 0.1) is 11.8 Å². The third kappa shape index (κ3) is 2.42. The molecule has 0 aromatic heterocycles. The van der Waals surface area contributed by atoms with Gasteiger partial charge in [0.25, 0.3) is 0 Å². The molecule has 0 fully saturated rings. The summed E-state index contributed by atoms with van der Waals surface area (Å²) in [5, 5.41) is 6.59. The summed E-state index contributed by atoms with van der Waals surface area (Å²) in [6, 6.07) is 14.9. The maximum absolute atomic E-state index is 13.7. The van der Waals surface area contributed by atoms with Gasteiger partial charge in [-0.3, -0.25) is 0 Å². The number of hydrazone groups is 1. The SMILES string of the molecule is NC(=S)N1N=C2c3cc(F)ccc3SCC2C1c1ccccc1.